The van der Waals surface area contributed by atoms with Gasteiger partial charge in [-0.1, -0.05) is 18.2 Å². The van der Waals surface area contributed by atoms with Crippen LogP contribution in [0.1, 0.15) is 48.1 Å². The summed E-state index contributed by atoms with van der Waals surface area (Å²) < 4.78 is 1.90. The van der Waals surface area contributed by atoms with Crippen molar-refractivity contribution >= 4 is 16.8 Å². The molecule has 6 nitrogen and oxygen atoms in total. The Hall–Kier alpha value is -2.63. The molecule has 0 fully saturated rings. The van der Waals surface area contributed by atoms with Crippen molar-refractivity contribution in [1.82, 2.24) is 25.1 Å². The van der Waals surface area contributed by atoms with Crippen LogP contribution >= 0.6 is 0 Å². The van der Waals surface area contributed by atoms with Gasteiger partial charge in [0.05, 0.1) is 5.92 Å². The molecule has 1 aliphatic rings. The van der Waals surface area contributed by atoms with Gasteiger partial charge in [0.1, 0.15) is 11.6 Å². The molecular formula is C20H25N5O. The number of carbonyl (C=O) groups excluding carboxylic acids is 1. The van der Waals surface area contributed by atoms with E-state index in [1.165, 1.54) is 10.9 Å². The molecule has 0 bridgehead atoms. The molecule has 26 heavy (non-hydrogen) atoms. The number of carbonyl (C=O) groups is 1. The Morgan fingerprint density at radius 2 is 2.19 bits per heavy atom. The Morgan fingerprint density at radius 3 is 3.00 bits per heavy atom. The van der Waals surface area contributed by atoms with Crippen molar-refractivity contribution in [3.05, 3.63) is 47.2 Å². The van der Waals surface area contributed by atoms with Gasteiger partial charge in [0.2, 0.25) is 5.91 Å². The lowest BCUT2D eigenvalue weighted by Crippen LogP contribution is -2.32. The Morgan fingerprint density at radius 1 is 1.35 bits per heavy atom. The topological polar surface area (TPSA) is 75.6 Å². The smallest absolute Gasteiger partial charge is 0.229 e. The van der Waals surface area contributed by atoms with Gasteiger partial charge in [0, 0.05) is 29.7 Å². The van der Waals surface area contributed by atoms with Crippen LogP contribution in [0.2, 0.25) is 0 Å². The van der Waals surface area contributed by atoms with Gasteiger partial charge in [-0.2, -0.15) is 5.10 Å². The summed E-state index contributed by atoms with van der Waals surface area (Å²) in [5, 5.41) is 8.73. The van der Waals surface area contributed by atoms with Crippen molar-refractivity contribution in [2.45, 2.75) is 52.0 Å². The molecule has 1 atom stereocenters. The first-order valence-corrected chi connectivity index (χ1v) is 9.38. The van der Waals surface area contributed by atoms with Gasteiger partial charge in [-0.3, -0.25) is 9.48 Å². The molecule has 0 saturated carbocycles. The van der Waals surface area contributed by atoms with Crippen molar-refractivity contribution in [2.75, 3.05) is 6.54 Å². The highest BCUT2D eigenvalue weighted by Gasteiger charge is 2.29. The minimum absolute atomic E-state index is 0.0681. The van der Waals surface area contributed by atoms with Crippen molar-refractivity contribution < 1.29 is 4.79 Å². The summed E-state index contributed by atoms with van der Waals surface area (Å²) >= 11 is 0. The number of amides is 1. The van der Waals surface area contributed by atoms with E-state index in [2.05, 4.69) is 38.6 Å². The lowest BCUT2D eigenvalue weighted by molar-refractivity contribution is -0.122. The van der Waals surface area contributed by atoms with Gasteiger partial charge in [-0.05, 0) is 51.2 Å². The highest BCUT2D eigenvalue weighted by atomic mass is 16.1. The van der Waals surface area contributed by atoms with Gasteiger partial charge >= 0.3 is 0 Å². The van der Waals surface area contributed by atoms with Gasteiger partial charge in [-0.15, -0.1) is 0 Å². The van der Waals surface area contributed by atoms with E-state index in [1.54, 1.807) is 0 Å². The summed E-state index contributed by atoms with van der Waals surface area (Å²) in [4.78, 5) is 20.5. The highest BCUT2D eigenvalue weighted by Crippen LogP contribution is 2.36. The largest absolute Gasteiger partial charge is 0.357 e. The molecule has 136 valence electrons. The molecule has 4 rings (SSSR count). The zero-order chi connectivity index (χ0) is 18.1. The quantitative estimate of drug-likeness (QED) is 0.694. The second kappa shape index (κ2) is 6.94. The third kappa shape index (κ3) is 3.11. The predicted molar refractivity (Wildman–Crippen MR) is 101 cm³/mol. The predicted octanol–water partition coefficient (Wildman–Crippen LogP) is 3.00. The molecule has 2 aromatic heterocycles. The van der Waals surface area contributed by atoms with E-state index < -0.39 is 0 Å². The van der Waals surface area contributed by atoms with Crippen LogP contribution in [-0.4, -0.2) is 32.2 Å². The van der Waals surface area contributed by atoms with Gasteiger partial charge in [0.25, 0.3) is 0 Å². The zero-order valence-electron chi connectivity index (χ0n) is 15.4. The molecule has 1 unspecified atom stereocenters. The first kappa shape index (κ1) is 16.8. The summed E-state index contributed by atoms with van der Waals surface area (Å²) in [6.45, 7) is 5.28. The van der Waals surface area contributed by atoms with Crippen molar-refractivity contribution in [3.8, 4) is 0 Å². The third-order valence-electron chi connectivity index (χ3n) is 5.24. The summed E-state index contributed by atoms with van der Waals surface area (Å²) in [5.41, 5.74) is 3.56. The number of nitrogens with one attached hydrogen (secondary N) is 2. The monoisotopic (exact) mass is 351 g/mol. The molecule has 0 saturated heterocycles. The van der Waals surface area contributed by atoms with Crippen LogP contribution in [-0.2, 0) is 17.8 Å². The second-order valence-electron chi connectivity index (χ2n) is 7.08. The van der Waals surface area contributed by atoms with E-state index in [1.807, 2.05) is 24.6 Å². The SMILES string of the molecule is Cc1nc(C)n(CCCNC(=O)C2CCCc3c2[nH]c2ccccc32)n1. The van der Waals surface area contributed by atoms with Crippen LogP contribution in [0.3, 0.4) is 0 Å². The normalized spacial score (nSPS) is 16.6. The summed E-state index contributed by atoms with van der Waals surface area (Å²) in [6.07, 6.45) is 3.87. The number of aryl methyl sites for hydroxylation is 4. The fourth-order valence-electron chi connectivity index (χ4n) is 4.01. The number of hydrogen-bond donors (Lipinski definition) is 2. The van der Waals surface area contributed by atoms with Gasteiger partial charge < -0.3 is 10.3 Å². The number of aromatic nitrogens is 4. The number of para-hydroxylation sites is 1. The molecule has 0 aliphatic heterocycles. The second-order valence-corrected chi connectivity index (χ2v) is 7.08. The number of benzene rings is 1. The maximum absolute atomic E-state index is 12.8. The average Bonchev–Trinajstić information content (AvgIpc) is 3.17. The Kier molecular flexibility index (Phi) is 4.49. The molecule has 1 aliphatic carbocycles. The highest BCUT2D eigenvalue weighted by molar-refractivity contribution is 5.90. The van der Waals surface area contributed by atoms with E-state index >= 15 is 0 Å². The standard InChI is InChI=1S/C20H25N5O/c1-13-22-14(2)25(24-13)12-6-11-21-20(26)17-9-5-8-16-15-7-3-4-10-18(15)23-19(16)17/h3-4,7,10,17,23H,5-6,8-9,11-12H2,1-2H3,(H,21,26). The van der Waals surface area contributed by atoms with Crippen LogP contribution in [0.5, 0.6) is 0 Å². The molecule has 1 aromatic carbocycles. The summed E-state index contributed by atoms with van der Waals surface area (Å²) in [7, 11) is 0. The van der Waals surface area contributed by atoms with E-state index in [-0.39, 0.29) is 11.8 Å². The summed E-state index contributed by atoms with van der Waals surface area (Å²) in [6, 6.07) is 8.33. The lowest BCUT2D eigenvalue weighted by atomic mass is 9.86. The lowest BCUT2D eigenvalue weighted by Gasteiger charge is -2.22. The number of H-pyrrole nitrogens is 1. The number of aromatic amines is 1. The minimum Gasteiger partial charge on any atom is -0.357 e. The van der Waals surface area contributed by atoms with E-state index in [4.69, 9.17) is 0 Å². The molecule has 6 heteroatoms. The van der Waals surface area contributed by atoms with E-state index in [0.717, 1.165) is 55.1 Å². The molecule has 2 N–H and O–H groups in total. The maximum atomic E-state index is 12.8. The van der Waals surface area contributed by atoms with E-state index in [9.17, 15) is 4.79 Å². The first-order chi connectivity index (χ1) is 12.6. The fourth-order valence-corrected chi connectivity index (χ4v) is 4.01. The van der Waals surface area contributed by atoms with Crippen LogP contribution in [0.4, 0.5) is 0 Å². The molecule has 1 amide bonds. The maximum Gasteiger partial charge on any atom is 0.229 e. The van der Waals surface area contributed by atoms with Crippen LogP contribution in [0, 0.1) is 13.8 Å². The van der Waals surface area contributed by atoms with Gasteiger partial charge in [0.15, 0.2) is 0 Å². The molecule has 0 spiro atoms. The molecule has 0 radical (unpaired) electrons. The average molecular weight is 351 g/mol. The Bertz CT molecular complexity index is 939. The third-order valence-corrected chi connectivity index (χ3v) is 5.24. The number of fused-ring (bicyclic) bond motifs is 3. The molecular weight excluding hydrogens is 326 g/mol. The van der Waals surface area contributed by atoms with Crippen LogP contribution < -0.4 is 5.32 Å². The number of nitrogens with zero attached hydrogens (tertiary/aromatic N) is 3. The molecule has 2 heterocycles. The fraction of sp³-hybridized carbons (Fsp3) is 0.450. The van der Waals surface area contributed by atoms with Crippen molar-refractivity contribution in [3.63, 3.8) is 0 Å². The minimum atomic E-state index is -0.0681. The Labute approximate surface area is 153 Å². The van der Waals surface area contributed by atoms with Crippen molar-refractivity contribution in [2.24, 2.45) is 0 Å². The van der Waals surface area contributed by atoms with E-state index in [0.29, 0.717) is 6.54 Å². The number of hydrogen-bond acceptors (Lipinski definition) is 3. The van der Waals surface area contributed by atoms with Crippen LogP contribution in [0.15, 0.2) is 24.3 Å². The number of rotatable bonds is 5. The molecule has 3 aromatic rings. The summed E-state index contributed by atoms with van der Waals surface area (Å²) in [5.74, 6) is 1.77. The van der Waals surface area contributed by atoms with Crippen LogP contribution in [0.25, 0.3) is 10.9 Å². The first-order valence-electron chi connectivity index (χ1n) is 9.38. The van der Waals surface area contributed by atoms with Crippen molar-refractivity contribution in [1.29, 1.82) is 0 Å². The Balaban J connectivity index is 1.39. The zero-order valence-corrected chi connectivity index (χ0v) is 15.4. The van der Waals surface area contributed by atoms with Gasteiger partial charge in [-0.25, -0.2) is 4.98 Å².